The van der Waals surface area contributed by atoms with Crippen LogP contribution in [0.3, 0.4) is 0 Å². The number of hydrogen-bond acceptors (Lipinski definition) is 5. The summed E-state index contributed by atoms with van der Waals surface area (Å²) in [6.45, 7) is 2.17. The maximum Gasteiger partial charge on any atom is 0.236 e. The Hall–Kier alpha value is -0.210. The molecule has 0 aromatic carbocycles. The Labute approximate surface area is 126 Å². The predicted octanol–water partition coefficient (Wildman–Crippen LogP) is 3.66. The van der Waals surface area contributed by atoms with Gasteiger partial charge in [0, 0.05) is 24.7 Å². The van der Waals surface area contributed by atoms with E-state index in [4.69, 9.17) is 9.15 Å². The number of halogens is 2. The van der Waals surface area contributed by atoms with Gasteiger partial charge in [-0.2, -0.15) is 0 Å². The lowest BCUT2D eigenvalue weighted by molar-refractivity contribution is 0.199. The van der Waals surface area contributed by atoms with Crippen molar-refractivity contribution in [3.8, 4) is 10.8 Å². The van der Waals surface area contributed by atoms with E-state index in [2.05, 4.69) is 42.2 Å². The number of hydrogen-bond donors (Lipinski definition) is 1. The Kier molecular flexibility index (Phi) is 5.38. The van der Waals surface area contributed by atoms with Gasteiger partial charge in [0.2, 0.25) is 5.89 Å². The van der Waals surface area contributed by atoms with Crippen LogP contribution in [0.2, 0.25) is 0 Å². The molecule has 2 aromatic rings. The second-order valence-electron chi connectivity index (χ2n) is 3.55. The molecule has 0 saturated carbocycles. The highest BCUT2D eigenvalue weighted by Gasteiger charge is 2.11. The van der Waals surface area contributed by atoms with E-state index in [1.54, 1.807) is 24.7 Å². The standard InChI is InChI=1S/C11H12Br2N2O2S/c1-16-3-2-14-5-7-6-17-11(15-7)9-4-8(12)10(13)18-9/h4,6,14H,2-3,5H2,1H3. The van der Waals surface area contributed by atoms with Crippen LogP contribution in [0.15, 0.2) is 25.0 Å². The first-order valence-electron chi connectivity index (χ1n) is 5.30. The van der Waals surface area contributed by atoms with Gasteiger partial charge in [0.25, 0.3) is 0 Å². The van der Waals surface area contributed by atoms with Crippen LogP contribution in [0.25, 0.3) is 10.8 Å². The minimum Gasteiger partial charge on any atom is -0.444 e. The second-order valence-corrected chi connectivity index (χ2v) is 6.77. The minimum absolute atomic E-state index is 0.648. The Morgan fingerprint density at radius 2 is 2.33 bits per heavy atom. The number of nitrogens with zero attached hydrogens (tertiary/aromatic N) is 1. The number of nitrogens with one attached hydrogen (secondary N) is 1. The number of ether oxygens (including phenoxy) is 1. The second kappa shape index (κ2) is 6.81. The van der Waals surface area contributed by atoms with E-state index in [1.807, 2.05) is 6.07 Å². The Balaban J connectivity index is 1.97. The third kappa shape index (κ3) is 3.64. The first-order valence-corrected chi connectivity index (χ1v) is 7.70. The summed E-state index contributed by atoms with van der Waals surface area (Å²) in [6, 6.07) is 1.99. The fourth-order valence-corrected chi connectivity index (χ4v) is 3.31. The molecule has 0 aliphatic rings. The molecule has 0 amide bonds. The van der Waals surface area contributed by atoms with Gasteiger partial charge in [-0.05, 0) is 37.9 Å². The average molecular weight is 396 g/mol. The van der Waals surface area contributed by atoms with E-state index in [0.29, 0.717) is 19.0 Å². The van der Waals surface area contributed by atoms with Gasteiger partial charge in [-0.25, -0.2) is 4.98 Å². The van der Waals surface area contributed by atoms with E-state index in [1.165, 1.54) is 0 Å². The molecule has 98 valence electrons. The van der Waals surface area contributed by atoms with E-state index in [0.717, 1.165) is 25.4 Å². The SMILES string of the molecule is COCCNCc1coc(-c2cc(Br)c(Br)s2)n1. The zero-order chi connectivity index (χ0) is 13.0. The number of oxazole rings is 1. The lowest BCUT2D eigenvalue weighted by atomic mass is 10.4. The molecule has 0 aliphatic heterocycles. The monoisotopic (exact) mass is 394 g/mol. The largest absolute Gasteiger partial charge is 0.444 e. The van der Waals surface area contributed by atoms with Gasteiger partial charge in [-0.1, -0.05) is 0 Å². The molecule has 4 nitrogen and oxygen atoms in total. The zero-order valence-electron chi connectivity index (χ0n) is 9.70. The minimum atomic E-state index is 0.648. The Morgan fingerprint density at radius 1 is 1.50 bits per heavy atom. The molecule has 0 bridgehead atoms. The van der Waals surface area contributed by atoms with Gasteiger partial charge in [-0.3, -0.25) is 0 Å². The number of aromatic nitrogens is 1. The van der Waals surface area contributed by atoms with Gasteiger partial charge < -0.3 is 14.5 Å². The maximum atomic E-state index is 5.46. The predicted molar refractivity (Wildman–Crippen MR) is 78.8 cm³/mol. The molecular weight excluding hydrogens is 384 g/mol. The van der Waals surface area contributed by atoms with Crippen LogP contribution in [-0.2, 0) is 11.3 Å². The third-order valence-corrected chi connectivity index (χ3v) is 5.44. The summed E-state index contributed by atoms with van der Waals surface area (Å²) < 4.78 is 12.5. The van der Waals surface area contributed by atoms with Gasteiger partial charge >= 0.3 is 0 Å². The Morgan fingerprint density at radius 3 is 3.00 bits per heavy atom. The molecule has 0 atom stereocenters. The van der Waals surface area contributed by atoms with Crippen LogP contribution in [-0.4, -0.2) is 25.2 Å². The van der Waals surface area contributed by atoms with Crippen molar-refractivity contribution in [2.24, 2.45) is 0 Å². The number of thiophene rings is 1. The van der Waals surface area contributed by atoms with Crippen molar-refractivity contribution in [1.82, 2.24) is 10.3 Å². The zero-order valence-corrected chi connectivity index (χ0v) is 13.7. The average Bonchev–Trinajstić information content (AvgIpc) is 2.93. The summed E-state index contributed by atoms with van der Waals surface area (Å²) in [5, 5.41) is 3.22. The molecule has 2 rings (SSSR count). The first-order chi connectivity index (χ1) is 8.70. The fourth-order valence-electron chi connectivity index (χ4n) is 1.34. The molecule has 0 spiro atoms. The molecule has 1 N–H and O–H groups in total. The van der Waals surface area contributed by atoms with E-state index >= 15 is 0 Å². The molecule has 0 fully saturated rings. The van der Waals surface area contributed by atoms with Crippen molar-refractivity contribution in [1.29, 1.82) is 0 Å². The summed E-state index contributed by atoms with van der Waals surface area (Å²) in [7, 11) is 1.68. The number of methoxy groups -OCH3 is 1. The van der Waals surface area contributed by atoms with Crippen LogP contribution in [0.4, 0.5) is 0 Å². The van der Waals surface area contributed by atoms with E-state index in [9.17, 15) is 0 Å². The highest BCUT2D eigenvalue weighted by Crippen LogP contribution is 2.37. The van der Waals surface area contributed by atoms with Gasteiger partial charge in [0.15, 0.2) is 0 Å². The topological polar surface area (TPSA) is 47.3 Å². The molecule has 7 heteroatoms. The molecule has 0 unspecified atom stereocenters. The van der Waals surface area contributed by atoms with Crippen molar-refractivity contribution in [3.05, 3.63) is 26.3 Å². The molecule has 18 heavy (non-hydrogen) atoms. The van der Waals surface area contributed by atoms with Crippen molar-refractivity contribution < 1.29 is 9.15 Å². The van der Waals surface area contributed by atoms with Crippen molar-refractivity contribution in [2.75, 3.05) is 20.3 Å². The van der Waals surface area contributed by atoms with Crippen LogP contribution in [0.5, 0.6) is 0 Å². The molecule has 2 aromatic heterocycles. The lowest BCUT2D eigenvalue weighted by Crippen LogP contribution is -2.18. The van der Waals surface area contributed by atoms with Crippen LogP contribution >= 0.6 is 43.2 Å². The van der Waals surface area contributed by atoms with Gasteiger partial charge in [0.1, 0.15) is 6.26 Å². The van der Waals surface area contributed by atoms with E-state index < -0.39 is 0 Å². The molecular formula is C11H12Br2N2O2S. The maximum absolute atomic E-state index is 5.46. The summed E-state index contributed by atoms with van der Waals surface area (Å²) in [6.07, 6.45) is 1.68. The fraction of sp³-hybridized carbons (Fsp3) is 0.364. The summed E-state index contributed by atoms with van der Waals surface area (Å²) >= 11 is 8.49. The molecule has 2 heterocycles. The lowest BCUT2D eigenvalue weighted by Gasteiger charge is -1.99. The highest BCUT2D eigenvalue weighted by atomic mass is 79.9. The van der Waals surface area contributed by atoms with Crippen LogP contribution in [0.1, 0.15) is 5.69 Å². The van der Waals surface area contributed by atoms with Crippen molar-refractivity contribution in [3.63, 3.8) is 0 Å². The van der Waals surface area contributed by atoms with Gasteiger partial charge in [-0.15, -0.1) is 11.3 Å². The number of rotatable bonds is 6. The first kappa shape index (κ1) is 14.2. The van der Waals surface area contributed by atoms with E-state index in [-0.39, 0.29) is 0 Å². The van der Waals surface area contributed by atoms with Crippen LogP contribution < -0.4 is 5.32 Å². The summed E-state index contributed by atoms with van der Waals surface area (Å²) in [5.41, 5.74) is 0.891. The third-order valence-electron chi connectivity index (χ3n) is 2.20. The van der Waals surface area contributed by atoms with Crippen molar-refractivity contribution >= 4 is 43.2 Å². The smallest absolute Gasteiger partial charge is 0.236 e. The highest BCUT2D eigenvalue weighted by molar-refractivity contribution is 9.13. The van der Waals surface area contributed by atoms with Crippen molar-refractivity contribution in [2.45, 2.75) is 6.54 Å². The normalized spacial score (nSPS) is 11.1. The molecule has 0 radical (unpaired) electrons. The quantitative estimate of drug-likeness (QED) is 0.758. The summed E-state index contributed by atoms with van der Waals surface area (Å²) in [5.74, 6) is 0.648. The van der Waals surface area contributed by atoms with Crippen LogP contribution in [0, 0.1) is 0 Å². The molecule has 0 saturated heterocycles. The Bertz CT molecular complexity index is 493. The summed E-state index contributed by atoms with van der Waals surface area (Å²) in [4.78, 5) is 5.43. The van der Waals surface area contributed by atoms with Gasteiger partial charge in [0.05, 0.1) is 21.0 Å². The molecule has 0 aliphatic carbocycles.